The lowest BCUT2D eigenvalue weighted by Crippen LogP contribution is -2.29. The molecule has 0 aliphatic carbocycles. The van der Waals surface area contributed by atoms with Gasteiger partial charge in [-0.25, -0.2) is 0 Å². The molecule has 32 heavy (non-hydrogen) atoms. The highest BCUT2D eigenvalue weighted by Crippen LogP contribution is 2.44. The maximum Gasteiger partial charge on any atom is 0.290 e. The van der Waals surface area contributed by atoms with E-state index in [9.17, 15) is 9.90 Å². The largest absolute Gasteiger partial charge is 0.503 e. The number of aryl methyl sites for hydroxylation is 1. The second-order valence-electron chi connectivity index (χ2n) is 8.63. The van der Waals surface area contributed by atoms with Crippen molar-refractivity contribution >= 4 is 23.2 Å². The van der Waals surface area contributed by atoms with Crippen LogP contribution in [0.4, 0.5) is 0 Å². The summed E-state index contributed by atoms with van der Waals surface area (Å²) in [5, 5.41) is 11.0. The Bertz CT molecular complexity index is 1130. The Labute approximate surface area is 194 Å². The van der Waals surface area contributed by atoms with Crippen molar-refractivity contribution in [1.29, 1.82) is 0 Å². The highest BCUT2D eigenvalue weighted by Gasteiger charge is 2.41. The van der Waals surface area contributed by atoms with Gasteiger partial charge in [0.2, 0.25) is 0 Å². The summed E-state index contributed by atoms with van der Waals surface area (Å²) in [7, 11) is 0. The van der Waals surface area contributed by atoms with Gasteiger partial charge in [-0.3, -0.25) is 4.79 Å². The standard InChI is InChI=1S/C28H29NO2S/c1-18(2)21-11-13-23(14-12-21)26-25(22-9-5-19(3)6-10-22)27(30)28(31)29(26)17-20-7-15-24(32-4)16-8-20/h5-16,18,26,30H,17H2,1-4H3. The lowest BCUT2D eigenvalue weighted by Gasteiger charge is -2.28. The van der Waals surface area contributed by atoms with Crippen LogP contribution in [-0.2, 0) is 11.3 Å². The highest BCUT2D eigenvalue weighted by molar-refractivity contribution is 7.98. The lowest BCUT2D eigenvalue weighted by atomic mass is 9.91. The predicted octanol–water partition coefficient (Wildman–Crippen LogP) is 6.89. The number of hydrogen-bond acceptors (Lipinski definition) is 3. The number of carbonyl (C=O) groups is 1. The van der Waals surface area contributed by atoms with Crippen LogP contribution < -0.4 is 0 Å². The molecule has 1 unspecified atom stereocenters. The van der Waals surface area contributed by atoms with E-state index in [-0.39, 0.29) is 17.7 Å². The van der Waals surface area contributed by atoms with Crippen molar-refractivity contribution in [3.8, 4) is 0 Å². The van der Waals surface area contributed by atoms with Gasteiger partial charge in [-0.15, -0.1) is 11.8 Å². The molecule has 0 spiro atoms. The first kappa shape index (κ1) is 22.2. The third-order valence-corrected chi connectivity index (χ3v) is 6.84. The smallest absolute Gasteiger partial charge is 0.290 e. The molecule has 1 aliphatic rings. The zero-order valence-corrected chi connectivity index (χ0v) is 19.8. The van der Waals surface area contributed by atoms with Crippen molar-refractivity contribution in [3.63, 3.8) is 0 Å². The third kappa shape index (κ3) is 4.33. The van der Waals surface area contributed by atoms with Crippen LogP contribution in [0.5, 0.6) is 0 Å². The first-order valence-corrected chi connectivity index (χ1v) is 12.2. The van der Waals surface area contributed by atoms with Crippen LogP contribution in [0, 0.1) is 6.92 Å². The normalized spacial score (nSPS) is 16.3. The molecule has 0 bridgehead atoms. The van der Waals surface area contributed by atoms with E-state index in [1.54, 1.807) is 16.7 Å². The Morgan fingerprint density at radius 1 is 0.938 bits per heavy atom. The van der Waals surface area contributed by atoms with E-state index in [2.05, 4.69) is 62.4 Å². The minimum absolute atomic E-state index is 0.160. The van der Waals surface area contributed by atoms with Crippen molar-refractivity contribution < 1.29 is 9.90 Å². The quantitative estimate of drug-likeness (QED) is 0.422. The molecule has 0 saturated heterocycles. The number of thioether (sulfide) groups is 1. The SMILES string of the molecule is CSc1ccc(CN2C(=O)C(O)=C(c3ccc(C)cc3)C2c2ccc(C(C)C)cc2)cc1. The summed E-state index contributed by atoms with van der Waals surface area (Å²) < 4.78 is 0. The summed E-state index contributed by atoms with van der Waals surface area (Å²) in [6, 6.07) is 24.3. The monoisotopic (exact) mass is 443 g/mol. The summed E-state index contributed by atoms with van der Waals surface area (Å²) in [4.78, 5) is 16.2. The van der Waals surface area contributed by atoms with Gasteiger partial charge in [0.15, 0.2) is 5.76 Å². The fraction of sp³-hybridized carbons (Fsp3) is 0.250. The molecule has 3 nitrogen and oxygen atoms in total. The highest BCUT2D eigenvalue weighted by atomic mass is 32.2. The second-order valence-corrected chi connectivity index (χ2v) is 9.51. The summed E-state index contributed by atoms with van der Waals surface area (Å²) in [5.41, 5.74) is 5.98. The van der Waals surface area contributed by atoms with Gasteiger partial charge in [-0.2, -0.15) is 0 Å². The van der Waals surface area contributed by atoms with Crippen molar-refractivity contribution in [2.45, 2.75) is 44.2 Å². The molecule has 0 fully saturated rings. The molecular weight excluding hydrogens is 414 g/mol. The van der Waals surface area contributed by atoms with Gasteiger partial charge in [0, 0.05) is 17.0 Å². The van der Waals surface area contributed by atoms with Crippen LogP contribution in [0.2, 0.25) is 0 Å². The predicted molar refractivity (Wildman–Crippen MR) is 133 cm³/mol. The molecule has 0 saturated carbocycles. The minimum Gasteiger partial charge on any atom is -0.503 e. The van der Waals surface area contributed by atoms with Crippen molar-refractivity contribution in [1.82, 2.24) is 4.90 Å². The molecule has 3 aromatic carbocycles. The lowest BCUT2D eigenvalue weighted by molar-refractivity contribution is -0.130. The number of carbonyl (C=O) groups excluding carboxylic acids is 1. The van der Waals surface area contributed by atoms with E-state index in [1.165, 1.54) is 10.5 Å². The summed E-state index contributed by atoms with van der Waals surface area (Å²) in [5.74, 6) is -0.0548. The molecule has 1 N–H and O–H groups in total. The zero-order valence-electron chi connectivity index (χ0n) is 19.0. The number of benzene rings is 3. The number of nitrogens with zero attached hydrogens (tertiary/aromatic N) is 1. The fourth-order valence-corrected chi connectivity index (χ4v) is 4.59. The van der Waals surface area contributed by atoms with Gasteiger partial charge in [0.05, 0.1) is 6.04 Å². The van der Waals surface area contributed by atoms with Crippen LogP contribution in [-0.4, -0.2) is 22.2 Å². The van der Waals surface area contributed by atoms with Gasteiger partial charge in [-0.05, 0) is 53.5 Å². The topological polar surface area (TPSA) is 40.5 Å². The Morgan fingerprint density at radius 2 is 1.56 bits per heavy atom. The molecule has 4 heteroatoms. The average Bonchev–Trinajstić information content (AvgIpc) is 3.05. The van der Waals surface area contributed by atoms with Gasteiger partial charge in [0.1, 0.15) is 0 Å². The Kier molecular flexibility index (Phi) is 6.43. The third-order valence-electron chi connectivity index (χ3n) is 6.10. The number of rotatable bonds is 6. The van der Waals surface area contributed by atoms with E-state index in [1.807, 2.05) is 37.4 Å². The molecule has 1 aliphatic heterocycles. The number of aliphatic hydroxyl groups is 1. The summed E-state index contributed by atoms with van der Waals surface area (Å²) in [6.45, 7) is 6.80. The molecule has 1 heterocycles. The van der Waals surface area contributed by atoms with Crippen molar-refractivity contribution in [3.05, 3.63) is 106 Å². The zero-order chi connectivity index (χ0) is 22.8. The van der Waals surface area contributed by atoms with Crippen LogP contribution >= 0.6 is 11.8 Å². The number of hydrogen-bond donors (Lipinski definition) is 1. The van der Waals surface area contributed by atoms with Gasteiger partial charge < -0.3 is 10.0 Å². The summed E-state index contributed by atoms with van der Waals surface area (Å²) >= 11 is 1.69. The van der Waals surface area contributed by atoms with Crippen molar-refractivity contribution in [2.24, 2.45) is 0 Å². The summed E-state index contributed by atoms with van der Waals surface area (Å²) in [6.07, 6.45) is 2.05. The molecule has 0 aromatic heterocycles. The van der Waals surface area contributed by atoms with Crippen LogP contribution in [0.1, 0.15) is 53.6 Å². The number of aliphatic hydroxyl groups excluding tert-OH is 1. The Balaban J connectivity index is 1.77. The molecule has 3 aromatic rings. The Hall–Kier alpha value is -2.98. The van der Waals surface area contributed by atoms with Crippen LogP contribution in [0.15, 0.2) is 83.5 Å². The first-order valence-electron chi connectivity index (χ1n) is 10.9. The second kappa shape index (κ2) is 9.25. The molecule has 1 amide bonds. The molecule has 4 rings (SSSR count). The van der Waals surface area contributed by atoms with Crippen LogP contribution in [0.25, 0.3) is 5.57 Å². The molecule has 164 valence electrons. The Morgan fingerprint density at radius 3 is 2.12 bits per heavy atom. The maximum atomic E-state index is 13.3. The van der Waals surface area contributed by atoms with Crippen molar-refractivity contribution in [2.75, 3.05) is 6.26 Å². The van der Waals surface area contributed by atoms with E-state index < -0.39 is 0 Å². The maximum absolute atomic E-state index is 13.3. The molecular formula is C28H29NO2S. The van der Waals surface area contributed by atoms with E-state index >= 15 is 0 Å². The van der Waals surface area contributed by atoms with Gasteiger partial charge in [0.25, 0.3) is 5.91 Å². The average molecular weight is 444 g/mol. The van der Waals surface area contributed by atoms with Gasteiger partial charge in [-0.1, -0.05) is 80.1 Å². The van der Waals surface area contributed by atoms with E-state index in [0.717, 1.165) is 22.3 Å². The molecule has 0 radical (unpaired) electrons. The van der Waals surface area contributed by atoms with E-state index in [0.29, 0.717) is 18.0 Å². The molecule has 1 atom stereocenters. The first-order chi connectivity index (χ1) is 15.4. The minimum atomic E-state index is -0.341. The van der Waals surface area contributed by atoms with E-state index in [4.69, 9.17) is 0 Å². The van der Waals surface area contributed by atoms with Gasteiger partial charge >= 0.3 is 0 Å². The number of amides is 1. The van der Waals surface area contributed by atoms with Crippen LogP contribution in [0.3, 0.4) is 0 Å². The fourth-order valence-electron chi connectivity index (χ4n) is 4.18.